The lowest BCUT2D eigenvalue weighted by atomic mass is 9.40. The zero-order valence-corrected chi connectivity index (χ0v) is 29.0. The number of hydrogen-bond acceptors (Lipinski definition) is 0. The Morgan fingerprint density at radius 2 is 0.587 bits per heavy atom. The molecule has 0 heteroatoms. The van der Waals surface area contributed by atoms with Gasteiger partial charge < -0.3 is 0 Å². The fraction of sp³-hybridized carbons (Fsp3) is 0.870. The van der Waals surface area contributed by atoms with E-state index in [1.165, 1.54) is 0 Å². The quantitative estimate of drug-likeness (QED) is 0.317. The number of hydrogen-bond donors (Lipinski definition) is 0. The third-order valence-electron chi connectivity index (χ3n) is 19.4. The molecule has 16 aliphatic rings. The van der Waals surface area contributed by atoms with Crippen molar-refractivity contribution in [3.63, 3.8) is 0 Å². The van der Waals surface area contributed by atoms with Gasteiger partial charge in [-0.1, -0.05) is 0 Å². The van der Waals surface area contributed by atoms with Gasteiger partial charge in [-0.3, -0.25) is 0 Å². The summed E-state index contributed by atoms with van der Waals surface area (Å²) in [6.45, 7) is 0. The zero-order valence-electron chi connectivity index (χ0n) is 29.0. The van der Waals surface area contributed by atoms with Crippen molar-refractivity contribution in [2.24, 2.45) is 71.0 Å². The summed E-state index contributed by atoms with van der Waals surface area (Å²) >= 11 is 0. The molecule has 0 nitrogen and oxygen atoms in total. The lowest BCUT2D eigenvalue weighted by Crippen LogP contribution is -2.56. The SMILES string of the molecule is [c]1cc(C23CC4CC(CC(C4)C2)C3)c(C23CC4CC(CC(C4)C2)C3)c(C23CC4CC(CC(C4)C2)C3)c1C12CC3CC(CC(C3)C1)C2. The first-order valence-corrected chi connectivity index (χ1v) is 21.5. The van der Waals surface area contributed by atoms with Crippen molar-refractivity contribution in [1.82, 2.24) is 0 Å². The first-order chi connectivity index (χ1) is 22.4. The number of rotatable bonds is 4. The molecule has 1 radical (unpaired) electrons. The second-order valence-electron chi connectivity index (χ2n) is 22.6. The van der Waals surface area contributed by atoms with E-state index in [1.807, 2.05) is 11.1 Å². The molecule has 1 aromatic rings. The molecule has 245 valence electrons. The molecule has 0 saturated heterocycles. The highest BCUT2D eigenvalue weighted by molar-refractivity contribution is 5.57. The zero-order chi connectivity index (χ0) is 29.6. The van der Waals surface area contributed by atoms with E-state index in [-0.39, 0.29) is 0 Å². The molecule has 16 saturated carbocycles. The predicted molar refractivity (Wildman–Crippen MR) is 185 cm³/mol. The molecule has 0 atom stereocenters. The van der Waals surface area contributed by atoms with Gasteiger partial charge in [0.05, 0.1) is 0 Å². The third-order valence-corrected chi connectivity index (χ3v) is 19.4. The maximum atomic E-state index is 4.59. The van der Waals surface area contributed by atoms with E-state index in [9.17, 15) is 0 Å². The highest BCUT2D eigenvalue weighted by Gasteiger charge is 2.62. The summed E-state index contributed by atoms with van der Waals surface area (Å²) < 4.78 is 0. The van der Waals surface area contributed by atoms with Crippen molar-refractivity contribution in [3.8, 4) is 0 Å². The summed E-state index contributed by atoms with van der Waals surface area (Å²) in [5, 5.41) is 0. The average Bonchev–Trinajstić information content (AvgIpc) is 2.98. The van der Waals surface area contributed by atoms with Gasteiger partial charge >= 0.3 is 0 Å². The molecule has 17 rings (SSSR count). The first-order valence-electron chi connectivity index (χ1n) is 21.5. The summed E-state index contributed by atoms with van der Waals surface area (Å²) in [6, 6.07) is 7.46. The maximum absolute atomic E-state index is 4.59. The minimum atomic E-state index is 0.491. The van der Waals surface area contributed by atoms with Gasteiger partial charge in [0.1, 0.15) is 0 Å². The third kappa shape index (κ3) is 3.51. The lowest BCUT2D eigenvalue weighted by molar-refractivity contribution is -0.0289. The lowest BCUT2D eigenvalue weighted by Gasteiger charge is -2.65. The first kappa shape index (κ1) is 27.0. The highest BCUT2D eigenvalue weighted by atomic mass is 14.7. The molecule has 16 fully saturated rings. The van der Waals surface area contributed by atoms with Crippen LogP contribution in [0.25, 0.3) is 0 Å². The topological polar surface area (TPSA) is 0 Å². The van der Waals surface area contributed by atoms with Gasteiger partial charge in [-0.05, 0) is 281 Å². The van der Waals surface area contributed by atoms with Crippen molar-refractivity contribution >= 4 is 0 Å². The molecule has 16 aliphatic carbocycles. The summed E-state index contributed by atoms with van der Waals surface area (Å²) in [7, 11) is 0. The van der Waals surface area contributed by atoms with Gasteiger partial charge in [0.15, 0.2) is 0 Å². The van der Waals surface area contributed by atoms with Gasteiger partial charge in [-0.15, -0.1) is 0 Å². The highest BCUT2D eigenvalue weighted by Crippen LogP contribution is 2.71. The van der Waals surface area contributed by atoms with Crippen LogP contribution in [0, 0.1) is 77.1 Å². The Labute approximate surface area is 280 Å². The average molecular weight is 614 g/mol. The van der Waals surface area contributed by atoms with Crippen LogP contribution < -0.4 is 0 Å². The van der Waals surface area contributed by atoms with E-state index in [1.54, 1.807) is 154 Å². The van der Waals surface area contributed by atoms with E-state index in [0.29, 0.717) is 21.7 Å². The molecule has 0 N–H and O–H groups in total. The molecule has 16 bridgehead atoms. The van der Waals surface area contributed by atoms with Crippen LogP contribution in [-0.2, 0) is 21.7 Å². The molecule has 0 aromatic heterocycles. The molecule has 0 heterocycles. The van der Waals surface area contributed by atoms with Crippen molar-refractivity contribution in [2.75, 3.05) is 0 Å². The van der Waals surface area contributed by atoms with E-state index in [2.05, 4.69) is 23.3 Å². The Hall–Kier alpha value is -0.780. The minimum absolute atomic E-state index is 0.491. The Morgan fingerprint density at radius 1 is 0.326 bits per heavy atom. The standard InChI is InChI=1S/C46H61/c1-2-40(44-18-30-6-31(19-44)8-32(7-30)20-44)42(46-24-36-12-37(25-46)14-38(13-36)26-46)41(45-21-33-9-34(22-45)11-35(10-33)23-45)39(1)43-15-27-3-28(16-43)5-29(4-27)17-43/h1,27-38H,3-26H2. The minimum Gasteiger partial charge on any atom is -0.0500 e. The van der Waals surface area contributed by atoms with Gasteiger partial charge in [0, 0.05) is 0 Å². The van der Waals surface area contributed by atoms with Crippen LogP contribution in [0.1, 0.15) is 176 Å². The second-order valence-corrected chi connectivity index (χ2v) is 22.6. The summed E-state index contributed by atoms with van der Waals surface area (Å²) in [5.41, 5.74) is 10.3. The van der Waals surface area contributed by atoms with E-state index in [0.717, 1.165) is 71.0 Å². The van der Waals surface area contributed by atoms with E-state index < -0.39 is 0 Å². The number of benzene rings is 1. The summed E-state index contributed by atoms with van der Waals surface area (Å²) in [4.78, 5) is 0. The van der Waals surface area contributed by atoms with Crippen LogP contribution in [-0.4, -0.2) is 0 Å². The smallest absolute Gasteiger partial charge is 0.00299 e. The fourth-order valence-corrected chi connectivity index (χ4v) is 20.2. The molecule has 46 heavy (non-hydrogen) atoms. The molecule has 1 aromatic carbocycles. The Bertz CT molecular complexity index is 1230. The predicted octanol–water partition coefficient (Wildman–Crippen LogP) is 11.4. The fourth-order valence-electron chi connectivity index (χ4n) is 20.2. The molecule has 0 amide bonds. The summed E-state index contributed by atoms with van der Waals surface area (Å²) in [6.07, 6.45) is 37.9. The van der Waals surface area contributed by atoms with Crippen molar-refractivity contribution < 1.29 is 0 Å². The molecular formula is C46H61. The van der Waals surface area contributed by atoms with E-state index in [4.69, 9.17) is 0 Å². The van der Waals surface area contributed by atoms with Gasteiger partial charge in [-0.25, -0.2) is 0 Å². The van der Waals surface area contributed by atoms with E-state index >= 15 is 0 Å². The maximum Gasteiger partial charge on any atom is -0.00299 e. The monoisotopic (exact) mass is 613 g/mol. The van der Waals surface area contributed by atoms with Crippen LogP contribution in [0.3, 0.4) is 0 Å². The van der Waals surface area contributed by atoms with Gasteiger partial charge in [0.2, 0.25) is 0 Å². The van der Waals surface area contributed by atoms with Crippen LogP contribution >= 0.6 is 0 Å². The van der Waals surface area contributed by atoms with Crippen molar-refractivity contribution in [1.29, 1.82) is 0 Å². The normalized spacial score (nSPS) is 59.3. The van der Waals surface area contributed by atoms with Crippen molar-refractivity contribution in [2.45, 2.75) is 176 Å². The van der Waals surface area contributed by atoms with Crippen molar-refractivity contribution in [3.05, 3.63) is 34.4 Å². The Kier molecular flexibility index (Phi) is 5.13. The summed E-state index contributed by atoms with van der Waals surface area (Å²) in [5.74, 6) is 12.5. The largest absolute Gasteiger partial charge is 0.0500 e. The van der Waals surface area contributed by atoms with Crippen LogP contribution in [0.15, 0.2) is 6.07 Å². The Balaban J connectivity index is 1.10. The van der Waals surface area contributed by atoms with Crippen LogP contribution in [0.5, 0.6) is 0 Å². The van der Waals surface area contributed by atoms with Crippen LogP contribution in [0.4, 0.5) is 0 Å². The molecule has 0 aliphatic heterocycles. The molecule has 0 spiro atoms. The Morgan fingerprint density at radius 3 is 0.913 bits per heavy atom. The van der Waals surface area contributed by atoms with Gasteiger partial charge in [-0.2, -0.15) is 0 Å². The van der Waals surface area contributed by atoms with Gasteiger partial charge in [0.25, 0.3) is 0 Å². The van der Waals surface area contributed by atoms with Crippen LogP contribution in [0.2, 0.25) is 0 Å². The second kappa shape index (κ2) is 8.74. The molecule has 0 unspecified atom stereocenters. The molecular weight excluding hydrogens is 553 g/mol.